The van der Waals surface area contributed by atoms with Gasteiger partial charge in [0.05, 0.1) is 0 Å². The number of rotatable bonds is 0. The molecule has 2 aliphatic rings. The van der Waals surface area contributed by atoms with E-state index in [1.165, 1.54) is 39.0 Å². The lowest BCUT2D eigenvalue weighted by Crippen LogP contribution is -2.47. The first-order chi connectivity index (χ1) is 9.75. The molecule has 5 N–H and O–H groups in total. The molecule has 1 atom stereocenters. The normalized spacial score (nSPS) is 19.9. The molecule has 0 saturated carbocycles. The van der Waals surface area contributed by atoms with Crippen molar-refractivity contribution in [3.63, 3.8) is 0 Å². The van der Waals surface area contributed by atoms with Crippen molar-refractivity contribution in [3.8, 4) is 0 Å². The van der Waals surface area contributed by atoms with E-state index >= 15 is 0 Å². The predicted molar refractivity (Wildman–Crippen MR) is 68.0 cm³/mol. The summed E-state index contributed by atoms with van der Waals surface area (Å²) in [5.74, 6) is -7.30. The lowest BCUT2D eigenvalue weighted by molar-refractivity contribution is -0.159. The average Bonchev–Trinajstić information content (AvgIpc) is 2.88. The Morgan fingerprint density at radius 2 is 1.33 bits per heavy atom. The van der Waals surface area contributed by atoms with Gasteiger partial charge in [-0.2, -0.15) is 0 Å². The summed E-state index contributed by atoms with van der Waals surface area (Å²) < 4.78 is 0. The number of hydrogen-bond acceptors (Lipinski definition) is 6. The van der Waals surface area contributed by atoms with Crippen LogP contribution in [0.3, 0.4) is 0 Å². The van der Waals surface area contributed by atoms with Crippen LogP contribution in [0.5, 0.6) is 0 Å². The van der Waals surface area contributed by atoms with Gasteiger partial charge in [-0.15, -0.1) is 0 Å². The van der Waals surface area contributed by atoms with E-state index in [1.807, 2.05) is 0 Å². The number of carbonyl (C=O) groups is 4. The largest absolute Gasteiger partial charge is 0.473 e. The fourth-order valence-electron chi connectivity index (χ4n) is 1.91. The van der Waals surface area contributed by atoms with Crippen LogP contribution in [0.1, 0.15) is 12.8 Å². The van der Waals surface area contributed by atoms with Crippen LogP contribution in [0.4, 0.5) is 0 Å². The molecule has 0 aliphatic carbocycles. The van der Waals surface area contributed by atoms with Gasteiger partial charge in [-0.05, 0) is 19.4 Å². The van der Waals surface area contributed by atoms with Crippen molar-refractivity contribution in [2.24, 2.45) is 0 Å². The van der Waals surface area contributed by atoms with Gasteiger partial charge in [0, 0.05) is 25.7 Å². The van der Waals surface area contributed by atoms with Gasteiger partial charge in [-0.3, -0.25) is 4.90 Å². The molecule has 0 spiro atoms. The second kappa shape index (κ2) is 9.66. The number of aliphatic carboxylic acids is 4. The summed E-state index contributed by atoms with van der Waals surface area (Å²) in [6.07, 6.45) is 2.85. The van der Waals surface area contributed by atoms with E-state index in [9.17, 15) is 0 Å². The molecule has 0 radical (unpaired) electrons. The molecule has 120 valence electrons. The number of carboxylic acid groups (broad SMARTS) is 4. The second-order valence-corrected chi connectivity index (χ2v) is 4.26. The molecular formula is C11H18N2O8. The summed E-state index contributed by atoms with van der Waals surface area (Å²) >= 11 is 0. The molecule has 10 heteroatoms. The molecule has 2 saturated heterocycles. The van der Waals surface area contributed by atoms with Crippen molar-refractivity contribution in [1.29, 1.82) is 0 Å². The summed E-state index contributed by atoms with van der Waals surface area (Å²) in [5, 5.41) is 33.0. The van der Waals surface area contributed by atoms with Gasteiger partial charge >= 0.3 is 23.9 Å². The summed E-state index contributed by atoms with van der Waals surface area (Å²) in [4.78, 5) is 39.0. The van der Waals surface area contributed by atoms with Gasteiger partial charge in [0.25, 0.3) is 0 Å². The Bertz CT molecular complexity index is 338. The van der Waals surface area contributed by atoms with Crippen molar-refractivity contribution >= 4 is 23.9 Å². The van der Waals surface area contributed by atoms with Gasteiger partial charge in [0.15, 0.2) is 0 Å². The van der Waals surface area contributed by atoms with E-state index in [0.717, 1.165) is 6.04 Å². The van der Waals surface area contributed by atoms with Crippen molar-refractivity contribution in [3.05, 3.63) is 0 Å². The Morgan fingerprint density at radius 3 is 1.71 bits per heavy atom. The molecule has 0 amide bonds. The summed E-state index contributed by atoms with van der Waals surface area (Å²) in [6.45, 7) is 5.08. The van der Waals surface area contributed by atoms with E-state index in [2.05, 4.69) is 10.2 Å². The molecule has 1 unspecified atom stereocenters. The average molecular weight is 306 g/mol. The fourth-order valence-corrected chi connectivity index (χ4v) is 1.91. The highest BCUT2D eigenvalue weighted by atomic mass is 16.4. The zero-order valence-corrected chi connectivity index (χ0v) is 11.2. The molecule has 21 heavy (non-hydrogen) atoms. The topological polar surface area (TPSA) is 164 Å². The third kappa shape index (κ3) is 8.55. The lowest BCUT2D eigenvalue weighted by Gasteiger charge is -2.29. The Kier molecular flexibility index (Phi) is 8.65. The third-order valence-corrected chi connectivity index (χ3v) is 2.82. The first-order valence-electron chi connectivity index (χ1n) is 6.13. The maximum atomic E-state index is 9.10. The van der Waals surface area contributed by atoms with Crippen molar-refractivity contribution in [2.45, 2.75) is 18.9 Å². The molecule has 10 nitrogen and oxygen atoms in total. The van der Waals surface area contributed by atoms with Crippen LogP contribution in [-0.4, -0.2) is 81.4 Å². The zero-order chi connectivity index (χ0) is 16.4. The lowest BCUT2D eigenvalue weighted by atomic mass is 10.2. The highest BCUT2D eigenvalue weighted by Crippen LogP contribution is 2.17. The van der Waals surface area contributed by atoms with Gasteiger partial charge in [-0.1, -0.05) is 0 Å². The monoisotopic (exact) mass is 306 g/mol. The Balaban J connectivity index is 0.000000300. The minimum absolute atomic E-state index is 0.888. The van der Waals surface area contributed by atoms with Crippen LogP contribution >= 0.6 is 0 Å². The van der Waals surface area contributed by atoms with E-state index < -0.39 is 23.9 Å². The van der Waals surface area contributed by atoms with Crippen molar-refractivity contribution in [1.82, 2.24) is 10.2 Å². The molecule has 2 aliphatic heterocycles. The summed E-state index contributed by atoms with van der Waals surface area (Å²) in [5.41, 5.74) is 0. The van der Waals surface area contributed by atoms with E-state index in [1.54, 1.807) is 0 Å². The molecular weight excluding hydrogens is 288 g/mol. The molecule has 0 bridgehead atoms. The fraction of sp³-hybridized carbons (Fsp3) is 0.636. The van der Waals surface area contributed by atoms with Crippen LogP contribution in [0.25, 0.3) is 0 Å². The molecule has 2 rings (SSSR count). The molecule has 0 aromatic heterocycles. The number of piperazine rings is 1. The Hall–Kier alpha value is -2.20. The molecule has 2 heterocycles. The highest BCUT2D eigenvalue weighted by Gasteiger charge is 2.25. The van der Waals surface area contributed by atoms with Crippen LogP contribution in [0, 0.1) is 0 Å². The van der Waals surface area contributed by atoms with Gasteiger partial charge in [0.2, 0.25) is 0 Å². The van der Waals surface area contributed by atoms with Crippen LogP contribution < -0.4 is 5.32 Å². The minimum atomic E-state index is -1.82. The van der Waals surface area contributed by atoms with Crippen LogP contribution in [0.2, 0.25) is 0 Å². The smallest absolute Gasteiger partial charge is 0.414 e. The van der Waals surface area contributed by atoms with E-state index in [-0.39, 0.29) is 0 Å². The minimum Gasteiger partial charge on any atom is -0.473 e. The molecule has 2 fully saturated rings. The predicted octanol–water partition coefficient (Wildman–Crippen LogP) is -1.63. The highest BCUT2D eigenvalue weighted by molar-refractivity contribution is 6.27. The van der Waals surface area contributed by atoms with E-state index in [4.69, 9.17) is 39.6 Å². The van der Waals surface area contributed by atoms with Crippen LogP contribution in [-0.2, 0) is 19.2 Å². The first-order valence-corrected chi connectivity index (χ1v) is 6.13. The zero-order valence-electron chi connectivity index (χ0n) is 11.2. The number of hydrogen-bond donors (Lipinski definition) is 5. The van der Waals surface area contributed by atoms with Crippen molar-refractivity contribution < 1.29 is 39.6 Å². The second-order valence-electron chi connectivity index (χ2n) is 4.26. The Labute approximate surface area is 120 Å². The SMILES string of the molecule is C1CC2CNCCN2C1.O=C(O)C(=O)O.O=C(O)C(=O)O. The standard InChI is InChI=1S/C7H14N2.2C2H2O4/c1-2-7-6-8-3-5-9(7)4-1;2*3-1(4)2(5)6/h7-8H,1-6H2;2*(H,3,4)(H,5,6). The number of carboxylic acids is 4. The Morgan fingerprint density at radius 1 is 0.857 bits per heavy atom. The number of fused-ring (bicyclic) bond motifs is 1. The van der Waals surface area contributed by atoms with Gasteiger partial charge < -0.3 is 25.7 Å². The van der Waals surface area contributed by atoms with E-state index in [0.29, 0.717) is 0 Å². The summed E-state index contributed by atoms with van der Waals surface area (Å²) in [7, 11) is 0. The van der Waals surface area contributed by atoms with Gasteiger partial charge in [0.1, 0.15) is 0 Å². The number of nitrogens with zero attached hydrogens (tertiary/aromatic N) is 1. The van der Waals surface area contributed by atoms with Crippen molar-refractivity contribution in [2.75, 3.05) is 26.2 Å². The van der Waals surface area contributed by atoms with Crippen LogP contribution in [0.15, 0.2) is 0 Å². The number of nitrogens with one attached hydrogen (secondary N) is 1. The first kappa shape index (κ1) is 18.8. The quantitative estimate of drug-likeness (QED) is 0.328. The maximum absolute atomic E-state index is 9.10. The third-order valence-electron chi connectivity index (χ3n) is 2.82. The maximum Gasteiger partial charge on any atom is 0.414 e. The molecule has 0 aromatic rings. The molecule has 0 aromatic carbocycles. The van der Waals surface area contributed by atoms with Gasteiger partial charge in [-0.25, -0.2) is 19.2 Å². The summed E-state index contributed by atoms with van der Waals surface area (Å²) in [6, 6.07) is 0.888.